The predicted molar refractivity (Wildman–Crippen MR) is 153 cm³/mol. The molecule has 2 aliphatic rings. The number of Topliss-reactive ketones (excluding diaryl/α,β-unsaturated/α-hetero) is 1. The minimum atomic E-state index is -0.539. The minimum absolute atomic E-state index is 0.00204. The lowest BCUT2D eigenvalue weighted by atomic mass is 9.71. The molecule has 2 atom stereocenters. The minimum Gasteiger partial charge on any atom is -0.493 e. The van der Waals surface area contributed by atoms with Crippen LogP contribution in [0.5, 0.6) is 11.5 Å². The van der Waals surface area contributed by atoms with Gasteiger partial charge in [-0.25, -0.2) is 0 Å². The van der Waals surface area contributed by atoms with Crippen LogP contribution in [0.2, 0.25) is 5.02 Å². The second-order valence-electron chi connectivity index (χ2n) is 9.96. The van der Waals surface area contributed by atoms with Crippen LogP contribution in [0, 0.1) is 6.92 Å². The number of anilines is 1. The number of benzene rings is 3. The van der Waals surface area contributed by atoms with Gasteiger partial charge in [0.15, 0.2) is 17.3 Å². The van der Waals surface area contributed by atoms with Crippen molar-refractivity contribution < 1.29 is 19.1 Å². The zero-order chi connectivity index (χ0) is 27.7. The van der Waals surface area contributed by atoms with Crippen molar-refractivity contribution in [2.45, 2.75) is 38.5 Å². The normalized spacial score (nSPS) is 18.8. The fourth-order valence-corrected chi connectivity index (χ4v) is 5.80. The van der Waals surface area contributed by atoms with Gasteiger partial charge in [0.2, 0.25) is 0 Å². The Hall–Kier alpha value is -4.03. The van der Waals surface area contributed by atoms with Crippen molar-refractivity contribution in [2.75, 3.05) is 19.5 Å². The molecule has 0 aromatic heterocycles. The van der Waals surface area contributed by atoms with E-state index < -0.39 is 5.92 Å². The summed E-state index contributed by atoms with van der Waals surface area (Å²) in [6, 6.07) is 20.8. The molecule has 2 N–H and O–H groups in total. The van der Waals surface area contributed by atoms with Gasteiger partial charge in [-0.05, 0) is 73.2 Å². The number of rotatable bonds is 6. The van der Waals surface area contributed by atoms with Gasteiger partial charge in [-0.15, -0.1) is 0 Å². The summed E-state index contributed by atoms with van der Waals surface area (Å²) in [6.07, 6.45) is 0.941. The lowest BCUT2D eigenvalue weighted by Crippen LogP contribution is -2.37. The first-order chi connectivity index (χ1) is 18.8. The SMILES string of the molecule is COc1ccc([C@@H]2CC(=O)C3=C(C2)NC(C)=C(C(=O)Nc2ccccc2C)[C@@H]3c2cccc(Cl)c2)cc1OC. The zero-order valence-corrected chi connectivity index (χ0v) is 23.2. The molecule has 1 amide bonds. The number of methoxy groups -OCH3 is 2. The van der Waals surface area contributed by atoms with Crippen LogP contribution < -0.4 is 20.1 Å². The van der Waals surface area contributed by atoms with E-state index >= 15 is 0 Å². The third kappa shape index (κ3) is 5.17. The fourth-order valence-electron chi connectivity index (χ4n) is 5.60. The molecule has 6 nitrogen and oxygen atoms in total. The Labute approximate surface area is 233 Å². The molecule has 1 aliphatic heterocycles. The first-order valence-corrected chi connectivity index (χ1v) is 13.3. The highest BCUT2D eigenvalue weighted by Crippen LogP contribution is 2.46. The molecular formula is C32H31ClN2O4. The molecule has 3 aromatic rings. The number of halogens is 1. The number of nitrogens with one attached hydrogen (secondary N) is 2. The summed E-state index contributed by atoms with van der Waals surface area (Å²) >= 11 is 6.39. The van der Waals surface area contributed by atoms with Crippen LogP contribution >= 0.6 is 11.6 Å². The number of dihydropyridines is 1. The molecule has 0 bridgehead atoms. The number of allylic oxidation sites excluding steroid dienone is 3. The van der Waals surface area contributed by atoms with Crippen LogP contribution in [0.1, 0.15) is 48.3 Å². The van der Waals surface area contributed by atoms with Crippen LogP contribution in [0.3, 0.4) is 0 Å². The van der Waals surface area contributed by atoms with Gasteiger partial charge < -0.3 is 20.1 Å². The summed E-state index contributed by atoms with van der Waals surface area (Å²) in [5.41, 5.74) is 6.18. The summed E-state index contributed by atoms with van der Waals surface area (Å²) in [7, 11) is 3.20. The maximum Gasteiger partial charge on any atom is 0.254 e. The summed E-state index contributed by atoms with van der Waals surface area (Å²) in [4.78, 5) is 27.7. The molecule has 1 heterocycles. The van der Waals surface area contributed by atoms with Crippen LogP contribution in [0.25, 0.3) is 0 Å². The van der Waals surface area contributed by atoms with E-state index in [1.807, 2.05) is 74.5 Å². The molecule has 39 heavy (non-hydrogen) atoms. The first kappa shape index (κ1) is 26.6. The Morgan fingerprint density at radius 2 is 1.69 bits per heavy atom. The lowest BCUT2D eigenvalue weighted by Gasteiger charge is -2.37. The van der Waals surface area contributed by atoms with Crippen molar-refractivity contribution in [3.8, 4) is 11.5 Å². The van der Waals surface area contributed by atoms with Crippen molar-refractivity contribution in [3.63, 3.8) is 0 Å². The monoisotopic (exact) mass is 542 g/mol. The van der Waals surface area contributed by atoms with E-state index in [0.29, 0.717) is 46.2 Å². The number of carbonyl (C=O) groups is 2. The maximum absolute atomic E-state index is 13.9. The van der Waals surface area contributed by atoms with Crippen molar-refractivity contribution in [2.24, 2.45) is 0 Å². The lowest BCUT2D eigenvalue weighted by molar-refractivity contribution is -0.116. The van der Waals surface area contributed by atoms with E-state index in [4.69, 9.17) is 21.1 Å². The molecule has 7 heteroatoms. The van der Waals surface area contributed by atoms with E-state index in [2.05, 4.69) is 10.6 Å². The van der Waals surface area contributed by atoms with Gasteiger partial charge in [-0.2, -0.15) is 0 Å². The topological polar surface area (TPSA) is 76.7 Å². The van der Waals surface area contributed by atoms with E-state index in [1.54, 1.807) is 20.3 Å². The highest BCUT2D eigenvalue weighted by atomic mass is 35.5. The number of amides is 1. The van der Waals surface area contributed by atoms with Crippen LogP contribution in [-0.4, -0.2) is 25.9 Å². The molecule has 0 spiro atoms. The third-order valence-corrected chi connectivity index (χ3v) is 7.76. The second-order valence-corrected chi connectivity index (χ2v) is 10.4. The number of para-hydroxylation sites is 1. The van der Waals surface area contributed by atoms with Crippen molar-refractivity contribution >= 4 is 29.0 Å². The Kier molecular flexibility index (Phi) is 7.49. The number of carbonyl (C=O) groups excluding carboxylic acids is 2. The highest BCUT2D eigenvalue weighted by molar-refractivity contribution is 6.30. The summed E-state index contributed by atoms with van der Waals surface area (Å²) in [5.74, 6) is 0.439. The zero-order valence-electron chi connectivity index (χ0n) is 22.4. The molecule has 0 unspecified atom stereocenters. The Morgan fingerprint density at radius 1 is 0.923 bits per heavy atom. The second kappa shape index (κ2) is 11.0. The molecule has 200 valence electrons. The largest absolute Gasteiger partial charge is 0.493 e. The van der Waals surface area contributed by atoms with Gasteiger partial charge in [-0.1, -0.05) is 48.0 Å². The molecular weight excluding hydrogens is 512 g/mol. The number of hydrogen-bond donors (Lipinski definition) is 2. The highest BCUT2D eigenvalue weighted by Gasteiger charge is 2.41. The van der Waals surface area contributed by atoms with Crippen LogP contribution in [0.15, 0.2) is 89.3 Å². The van der Waals surface area contributed by atoms with Gasteiger partial charge >= 0.3 is 0 Å². The molecule has 5 rings (SSSR count). The smallest absolute Gasteiger partial charge is 0.254 e. The Morgan fingerprint density at radius 3 is 2.41 bits per heavy atom. The summed E-state index contributed by atoms with van der Waals surface area (Å²) < 4.78 is 10.9. The number of ether oxygens (including phenoxy) is 2. The third-order valence-electron chi connectivity index (χ3n) is 7.53. The fraction of sp³-hybridized carbons (Fsp3) is 0.250. The number of aryl methyl sites for hydroxylation is 1. The van der Waals surface area contributed by atoms with Gasteiger partial charge in [0.25, 0.3) is 5.91 Å². The summed E-state index contributed by atoms with van der Waals surface area (Å²) in [5, 5.41) is 7.05. The van der Waals surface area contributed by atoms with E-state index in [0.717, 1.165) is 28.1 Å². The molecule has 3 aromatic carbocycles. The van der Waals surface area contributed by atoms with Crippen molar-refractivity contribution in [3.05, 3.63) is 111 Å². The molecule has 0 fully saturated rings. The van der Waals surface area contributed by atoms with Crippen LogP contribution in [0.4, 0.5) is 5.69 Å². The molecule has 1 aliphatic carbocycles. The van der Waals surface area contributed by atoms with E-state index in [9.17, 15) is 9.59 Å². The average Bonchev–Trinajstić information content (AvgIpc) is 2.92. The van der Waals surface area contributed by atoms with E-state index in [-0.39, 0.29) is 17.6 Å². The molecule has 0 radical (unpaired) electrons. The van der Waals surface area contributed by atoms with Gasteiger partial charge in [-0.3, -0.25) is 9.59 Å². The Bertz CT molecular complexity index is 1520. The first-order valence-electron chi connectivity index (χ1n) is 12.9. The van der Waals surface area contributed by atoms with Gasteiger partial charge in [0.1, 0.15) is 0 Å². The predicted octanol–water partition coefficient (Wildman–Crippen LogP) is 6.67. The number of hydrogen-bond acceptors (Lipinski definition) is 5. The van der Waals surface area contributed by atoms with Gasteiger partial charge in [0.05, 0.1) is 14.2 Å². The van der Waals surface area contributed by atoms with Crippen LogP contribution in [-0.2, 0) is 9.59 Å². The van der Waals surface area contributed by atoms with Gasteiger partial charge in [0, 0.05) is 45.6 Å². The van der Waals surface area contributed by atoms with E-state index in [1.165, 1.54) is 0 Å². The number of ketones is 1. The maximum atomic E-state index is 13.9. The standard InChI is InChI=1S/C32H31ClN2O4/c1-18-8-5-6-11-24(18)35-32(37)29-19(2)34-25-15-22(20-12-13-27(38-3)28(17-20)39-4)16-26(36)31(25)30(29)21-9-7-10-23(33)14-21/h5-14,17,22,30,34H,15-16H2,1-4H3,(H,35,37)/t22-,30-/m0/s1. The average molecular weight is 543 g/mol. The Balaban J connectivity index is 1.55. The quantitative estimate of drug-likeness (QED) is 0.364. The summed E-state index contributed by atoms with van der Waals surface area (Å²) in [6.45, 7) is 3.84. The molecule has 0 saturated heterocycles. The van der Waals surface area contributed by atoms with Crippen molar-refractivity contribution in [1.29, 1.82) is 0 Å². The van der Waals surface area contributed by atoms with Crippen molar-refractivity contribution in [1.82, 2.24) is 5.32 Å². The molecule has 0 saturated carbocycles.